The van der Waals surface area contributed by atoms with Gasteiger partial charge in [-0.1, -0.05) is 73.7 Å². The van der Waals surface area contributed by atoms with Gasteiger partial charge in [-0.3, -0.25) is 4.79 Å². The molecule has 1 aliphatic heterocycles. The molecule has 1 N–H and O–H groups in total. The van der Waals surface area contributed by atoms with E-state index in [2.05, 4.69) is 66.4 Å². The molecule has 0 bridgehead atoms. The summed E-state index contributed by atoms with van der Waals surface area (Å²) in [7, 11) is 0. The molecule has 4 aromatic rings. The van der Waals surface area contributed by atoms with Crippen LogP contribution >= 0.6 is 12.4 Å². The number of aliphatic carboxylic acids is 1. The second-order valence-corrected chi connectivity index (χ2v) is 10.7. The standard InChI is InChI=1S/C33H35NO3.ClH/c1-23(28-18-9-13-24-12-4-5-17-29(24)28)11-8-16-27-22-34(30-19-6-7-20-31(30)37-27)26-15-10-14-25(21-26)33(2,3)32(35)36;/h4-7,9-10,12-15,17-21,23,27H,8,11,16,22H2,1-3H3,(H,35,36);1H/t23-,27?;/m0./s1. The van der Waals surface area contributed by atoms with Crippen molar-refractivity contribution in [1.29, 1.82) is 0 Å². The van der Waals surface area contributed by atoms with E-state index in [1.165, 1.54) is 16.3 Å². The average molecular weight is 530 g/mol. The van der Waals surface area contributed by atoms with Crippen LogP contribution in [0.3, 0.4) is 0 Å². The van der Waals surface area contributed by atoms with E-state index in [0.29, 0.717) is 5.92 Å². The van der Waals surface area contributed by atoms with Crippen molar-refractivity contribution in [2.24, 2.45) is 0 Å². The molecule has 198 valence electrons. The summed E-state index contributed by atoms with van der Waals surface area (Å²) >= 11 is 0. The number of anilines is 2. The summed E-state index contributed by atoms with van der Waals surface area (Å²) in [5.41, 5.74) is 3.26. The third-order valence-corrected chi connectivity index (χ3v) is 7.77. The maximum Gasteiger partial charge on any atom is 0.313 e. The van der Waals surface area contributed by atoms with Crippen molar-refractivity contribution in [3.63, 3.8) is 0 Å². The molecule has 5 rings (SSSR count). The van der Waals surface area contributed by atoms with Crippen LogP contribution in [0.15, 0.2) is 91.0 Å². The zero-order valence-electron chi connectivity index (χ0n) is 22.3. The van der Waals surface area contributed by atoms with Crippen molar-refractivity contribution < 1.29 is 14.6 Å². The second kappa shape index (κ2) is 11.5. The molecule has 0 amide bonds. The summed E-state index contributed by atoms with van der Waals surface area (Å²) in [6.07, 6.45) is 3.18. The minimum Gasteiger partial charge on any atom is -0.486 e. The molecular weight excluding hydrogens is 494 g/mol. The fraction of sp³-hybridized carbons (Fsp3) is 0.303. The van der Waals surface area contributed by atoms with Gasteiger partial charge < -0.3 is 14.7 Å². The predicted molar refractivity (Wildman–Crippen MR) is 158 cm³/mol. The third kappa shape index (κ3) is 5.51. The number of fused-ring (bicyclic) bond motifs is 2. The Morgan fingerprint density at radius 2 is 1.71 bits per heavy atom. The highest BCUT2D eigenvalue weighted by atomic mass is 35.5. The van der Waals surface area contributed by atoms with Gasteiger partial charge in [0, 0.05) is 5.69 Å². The summed E-state index contributed by atoms with van der Waals surface area (Å²) in [5, 5.41) is 12.4. The summed E-state index contributed by atoms with van der Waals surface area (Å²) in [5.74, 6) is 0.516. The average Bonchev–Trinajstić information content (AvgIpc) is 2.92. The number of halogens is 1. The van der Waals surface area contributed by atoms with Gasteiger partial charge in [-0.2, -0.15) is 0 Å². The van der Waals surface area contributed by atoms with Crippen LogP contribution in [0.25, 0.3) is 10.8 Å². The molecule has 0 saturated heterocycles. The number of nitrogens with zero attached hydrogens (tertiary/aromatic N) is 1. The molecule has 1 unspecified atom stereocenters. The van der Waals surface area contributed by atoms with Gasteiger partial charge in [-0.05, 0) is 85.2 Å². The number of benzene rings is 4. The number of carboxylic acids is 1. The molecule has 5 heteroatoms. The molecule has 0 aromatic heterocycles. The number of rotatable bonds is 8. The van der Waals surface area contributed by atoms with Gasteiger partial charge >= 0.3 is 5.97 Å². The van der Waals surface area contributed by atoms with Gasteiger partial charge in [0.25, 0.3) is 0 Å². The Morgan fingerprint density at radius 3 is 2.53 bits per heavy atom. The maximum atomic E-state index is 11.9. The SMILES string of the molecule is C[C@@H](CCCC1CN(c2cccc(C(C)(C)C(=O)O)c2)c2ccccc2O1)c1cccc2ccccc12.Cl. The Kier molecular flexibility index (Phi) is 8.32. The van der Waals surface area contributed by atoms with Crippen molar-refractivity contribution in [2.45, 2.75) is 57.5 Å². The van der Waals surface area contributed by atoms with Gasteiger partial charge in [-0.15, -0.1) is 12.4 Å². The smallest absolute Gasteiger partial charge is 0.313 e. The van der Waals surface area contributed by atoms with E-state index in [0.717, 1.165) is 48.5 Å². The quantitative estimate of drug-likeness (QED) is 0.248. The van der Waals surface area contributed by atoms with E-state index >= 15 is 0 Å². The Labute approximate surface area is 231 Å². The van der Waals surface area contributed by atoms with Gasteiger partial charge in [0.05, 0.1) is 17.6 Å². The van der Waals surface area contributed by atoms with Crippen molar-refractivity contribution in [3.05, 3.63) is 102 Å². The van der Waals surface area contributed by atoms with Crippen LogP contribution in [0, 0.1) is 0 Å². The van der Waals surface area contributed by atoms with Crippen LogP contribution in [0.5, 0.6) is 5.75 Å². The van der Waals surface area contributed by atoms with E-state index in [1.807, 2.05) is 36.4 Å². The molecule has 4 aromatic carbocycles. The van der Waals surface area contributed by atoms with Gasteiger partial charge in [0.15, 0.2) is 0 Å². The van der Waals surface area contributed by atoms with Crippen LogP contribution < -0.4 is 9.64 Å². The molecule has 0 fully saturated rings. The fourth-order valence-corrected chi connectivity index (χ4v) is 5.37. The molecule has 0 spiro atoms. The van der Waals surface area contributed by atoms with E-state index in [9.17, 15) is 9.90 Å². The van der Waals surface area contributed by atoms with E-state index < -0.39 is 11.4 Å². The van der Waals surface area contributed by atoms with Gasteiger partial charge in [-0.25, -0.2) is 0 Å². The fourth-order valence-electron chi connectivity index (χ4n) is 5.37. The van der Waals surface area contributed by atoms with Crippen LogP contribution in [0.4, 0.5) is 11.4 Å². The van der Waals surface area contributed by atoms with E-state index in [1.54, 1.807) is 13.8 Å². The van der Waals surface area contributed by atoms with Crippen molar-refractivity contribution in [1.82, 2.24) is 0 Å². The van der Waals surface area contributed by atoms with E-state index in [-0.39, 0.29) is 18.5 Å². The Balaban J connectivity index is 0.00000336. The maximum absolute atomic E-state index is 11.9. The molecule has 1 aliphatic rings. The topological polar surface area (TPSA) is 49.8 Å². The number of hydrogen-bond donors (Lipinski definition) is 1. The lowest BCUT2D eigenvalue weighted by molar-refractivity contribution is -0.142. The monoisotopic (exact) mass is 529 g/mol. The number of carboxylic acid groups (broad SMARTS) is 1. The first kappa shape index (κ1) is 27.5. The van der Waals surface area contributed by atoms with Crippen LogP contribution in [-0.2, 0) is 10.2 Å². The Hall–Kier alpha value is -3.50. The van der Waals surface area contributed by atoms with Gasteiger partial charge in [0.1, 0.15) is 11.9 Å². The lowest BCUT2D eigenvalue weighted by Gasteiger charge is -2.37. The first-order valence-corrected chi connectivity index (χ1v) is 13.2. The highest BCUT2D eigenvalue weighted by molar-refractivity contribution is 5.86. The largest absolute Gasteiger partial charge is 0.486 e. The molecule has 0 aliphatic carbocycles. The van der Waals surface area contributed by atoms with Crippen molar-refractivity contribution >= 4 is 40.5 Å². The molecular formula is C33H36ClNO3. The molecule has 4 nitrogen and oxygen atoms in total. The van der Waals surface area contributed by atoms with E-state index in [4.69, 9.17) is 4.74 Å². The van der Waals surface area contributed by atoms with Crippen LogP contribution in [0.1, 0.15) is 57.1 Å². The zero-order valence-corrected chi connectivity index (χ0v) is 23.1. The predicted octanol–water partition coefficient (Wildman–Crippen LogP) is 8.50. The number of ether oxygens (including phenoxy) is 1. The summed E-state index contributed by atoms with van der Waals surface area (Å²) in [6.45, 7) is 6.56. The highest BCUT2D eigenvalue weighted by Crippen LogP contribution is 2.40. The molecule has 2 atom stereocenters. The molecule has 0 saturated carbocycles. The first-order valence-electron chi connectivity index (χ1n) is 13.2. The molecule has 38 heavy (non-hydrogen) atoms. The summed E-state index contributed by atoms with van der Waals surface area (Å²) < 4.78 is 6.44. The minimum atomic E-state index is -0.959. The molecule has 0 radical (unpaired) electrons. The van der Waals surface area contributed by atoms with Gasteiger partial charge in [0.2, 0.25) is 0 Å². The van der Waals surface area contributed by atoms with Crippen LogP contribution in [-0.4, -0.2) is 23.7 Å². The lowest BCUT2D eigenvalue weighted by atomic mass is 9.84. The normalized spacial score (nSPS) is 15.8. The molecule has 1 heterocycles. The number of carbonyl (C=O) groups is 1. The third-order valence-electron chi connectivity index (χ3n) is 7.77. The number of hydrogen-bond acceptors (Lipinski definition) is 3. The highest BCUT2D eigenvalue weighted by Gasteiger charge is 2.31. The Morgan fingerprint density at radius 1 is 1.00 bits per heavy atom. The first-order chi connectivity index (χ1) is 17.8. The summed E-state index contributed by atoms with van der Waals surface area (Å²) in [4.78, 5) is 14.2. The van der Waals surface area contributed by atoms with Crippen molar-refractivity contribution in [2.75, 3.05) is 11.4 Å². The summed E-state index contributed by atoms with van der Waals surface area (Å²) in [6, 6.07) is 31.3. The lowest BCUT2D eigenvalue weighted by Crippen LogP contribution is -2.37. The number of para-hydroxylation sites is 2. The van der Waals surface area contributed by atoms with Crippen LogP contribution in [0.2, 0.25) is 0 Å². The van der Waals surface area contributed by atoms with Crippen molar-refractivity contribution in [3.8, 4) is 5.75 Å². The second-order valence-electron chi connectivity index (χ2n) is 10.7. The minimum absolute atomic E-state index is 0. The zero-order chi connectivity index (χ0) is 26.0. The Bertz CT molecular complexity index is 1410.